The molecule has 1 heterocycles. The number of nitrogens with zero attached hydrogens (tertiary/aromatic N) is 2. The van der Waals surface area contributed by atoms with Gasteiger partial charge < -0.3 is 5.11 Å². The fraction of sp³-hybridized carbons (Fsp3) is 0.308. The molecule has 2 N–H and O–H groups in total. The van der Waals surface area contributed by atoms with Crippen LogP contribution >= 0.6 is 11.8 Å². The molecular formula is C13H15N3O3S. The molecule has 0 radical (unpaired) electrons. The van der Waals surface area contributed by atoms with Crippen LogP contribution in [0, 0.1) is 0 Å². The van der Waals surface area contributed by atoms with Gasteiger partial charge in [0.2, 0.25) is 0 Å². The first-order valence-electron chi connectivity index (χ1n) is 6.12. The third-order valence-corrected chi connectivity index (χ3v) is 3.69. The minimum atomic E-state index is -0.950. The van der Waals surface area contributed by atoms with Gasteiger partial charge in [-0.05, 0) is 17.5 Å². The second-order valence-electron chi connectivity index (χ2n) is 4.54. The van der Waals surface area contributed by atoms with Gasteiger partial charge >= 0.3 is 11.7 Å². The van der Waals surface area contributed by atoms with Crippen molar-refractivity contribution in [2.24, 2.45) is 0 Å². The molecule has 20 heavy (non-hydrogen) atoms. The van der Waals surface area contributed by atoms with E-state index in [0.717, 1.165) is 23.0 Å². The number of nitrogens with one attached hydrogen (secondary N) is 1. The lowest BCUT2D eigenvalue weighted by atomic mass is 10.0. The van der Waals surface area contributed by atoms with Crippen molar-refractivity contribution >= 4 is 17.7 Å². The molecule has 6 nitrogen and oxygen atoms in total. The summed E-state index contributed by atoms with van der Waals surface area (Å²) in [4.78, 5) is 22.6. The van der Waals surface area contributed by atoms with Crippen LogP contribution in [0.2, 0.25) is 0 Å². The maximum atomic E-state index is 11.9. The number of benzene rings is 1. The zero-order valence-electron chi connectivity index (χ0n) is 11.2. The van der Waals surface area contributed by atoms with Crippen molar-refractivity contribution in [1.82, 2.24) is 14.8 Å². The summed E-state index contributed by atoms with van der Waals surface area (Å²) in [5.41, 5.74) is 1.37. The molecule has 0 bridgehead atoms. The summed E-state index contributed by atoms with van der Waals surface area (Å²) in [5.74, 6) is -0.854. The Morgan fingerprint density at radius 2 is 2.15 bits per heavy atom. The van der Waals surface area contributed by atoms with Gasteiger partial charge in [0, 0.05) is 0 Å². The fourth-order valence-corrected chi connectivity index (χ4v) is 2.57. The summed E-state index contributed by atoms with van der Waals surface area (Å²) in [7, 11) is 0. The molecular weight excluding hydrogens is 278 g/mol. The highest BCUT2D eigenvalue weighted by molar-refractivity contribution is 7.99. The van der Waals surface area contributed by atoms with Gasteiger partial charge in [-0.2, -0.15) is 0 Å². The average molecular weight is 293 g/mol. The van der Waals surface area contributed by atoms with Gasteiger partial charge in [0.15, 0.2) is 5.16 Å². The van der Waals surface area contributed by atoms with E-state index < -0.39 is 5.97 Å². The molecule has 7 heteroatoms. The van der Waals surface area contributed by atoms with Crippen LogP contribution < -0.4 is 5.69 Å². The van der Waals surface area contributed by atoms with Crippen LogP contribution in [0.25, 0.3) is 5.69 Å². The summed E-state index contributed by atoms with van der Waals surface area (Å²) in [6.45, 7) is 4.07. The monoisotopic (exact) mass is 293 g/mol. The Bertz CT molecular complexity index is 675. The van der Waals surface area contributed by atoms with Gasteiger partial charge in [-0.25, -0.2) is 14.5 Å². The van der Waals surface area contributed by atoms with Crippen molar-refractivity contribution in [2.75, 3.05) is 5.75 Å². The Morgan fingerprint density at radius 3 is 2.80 bits per heavy atom. The van der Waals surface area contributed by atoms with Crippen LogP contribution in [-0.4, -0.2) is 31.6 Å². The number of thioether (sulfide) groups is 1. The number of para-hydroxylation sites is 1. The number of hydrogen-bond acceptors (Lipinski definition) is 4. The molecule has 0 atom stereocenters. The topological polar surface area (TPSA) is 88.0 Å². The molecule has 0 saturated heterocycles. The molecule has 1 aromatic heterocycles. The van der Waals surface area contributed by atoms with Crippen molar-refractivity contribution in [3.63, 3.8) is 0 Å². The number of aliphatic carboxylic acids is 1. The highest BCUT2D eigenvalue weighted by Gasteiger charge is 2.16. The van der Waals surface area contributed by atoms with Gasteiger partial charge in [-0.3, -0.25) is 4.79 Å². The molecule has 0 aliphatic heterocycles. The van der Waals surface area contributed by atoms with Crippen LogP contribution in [0.15, 0.2) is 34.2 Å². The van der Waals surface area contributed by atoms with E-state index in [1.807, 2.05) is 38.1 Å². The highest BCUT2D eigenvalue weighted by Crippen LogP contribution is 2.25. The van der Waals surface area contributed by atoms with Crippen LogP contribution in [0.3, 0.4) is 0 Å². The molecule has 0 unspecified atom stereocenters. The zero-order valence-corrected chi connectivity index (χ0v) is 12.0. The summed E-state index contributed by atoms with van der Waals surface area (Å²) >= 11 is 1.01. The number of hydrogen-bond donors (Lipinski definition) is 2. The lowest BCUT2D eigenvalue weighted by Crippen LogP contribution is -2.17. The number of rotatable bonds is 5. The molecule has 0 spiro atoms. The van der Waals surface area contributed by atoms with E-state index in [1.54, 1.807) is 0 Å². The van der Waals surface area contributed by atoms with Gasteiger partial charge in [-0.15, -0.1) is 5.10 Å². The first kappa shape index (κ1) is 14.4. The van der Waals surface area contributed by atoms with E-state index in [9.17, 15) is 9.59 Å². The SMILES string of the molecule is CC(C)c1ccccc1-n1c(SCC(=O)O)n[nH]c1=O. The lowest BCUT2D eigenvalue weighted by Gasteiger charge is -2.13. The van der Waals surface area contributed by atoms with Crippen molar-refractivity contribution in [1.29, 1.82) is 0 Å². The quantitative estimate of drug-likeness (QED) is 0.822. The van der Waals surface area contributed by atoms with Crippen LogP contribution in [-0.2, 0) is 4.79 Å². The van der Waals surface area contributed by atoms with Crippen molar-refractivity contribution in [3.05, 3.63) is 40.3 Å². The first-order valence-corrected chi connectivity index (χ1v) is 7.10. The molecule has 0 aliphatic rings. The number of carboxylic acid groups (broad SMARTS) is 1. The Morgan fingerprint density at radius 1 is 1.45 bits per heavy atom. The van der Waals surface area contributed by atoms with Crippen LogP contribution in [0.5, 0.6) is 0 Å². The second kappa shape index (κ2) is 5.96. The normalized spacial score (nSPS) is 10.9. The van der Waals surface area contributed by atoms with E-state index in [4.69, 9.17) is 5.11 Å². The van der Waals surface area contributed by atoms with Crippen molar-refractivity contribution < 1.29 is 9.90 Å². The minimum Gasteiger partial charge on any atom is -0.481 e. The maximum Gasteiger partial charge on any atom is 0.348 e. The average Bonchev–Trinajstić information content (AvgIpc) is 2.77. The zero-order chi connectivity index (χ0) is 14.7. The number of aromatic nitrogens is 3. The van der Waals surface area contributed by atoms with E-state index in [0.29, 0.717) is 5.16 Å². The van der Waals surface area contributed by atoms with E-state index in [-0.39, 0.29) is 17.4 Å². The summed E-state index contributed by atoms with van der Waals surface area (Å²) in [6.07, 6.45) is 0. The van der Waals surface area contributed by atoms with Gasteiger partial charge in [0.05, 0.1) is 11.4 Å². The third kappa shape index (κ3) is 2.93. The smallest absolute Gasteiger partial charge is 0.348 e. The highest BCUT2D eigenvalue weighted by atomic mass is 32.2. The van der Waals surface area contributed by atoms with Crippen LogP contribution in [0.1, 0.15) is 25.3 Å². The van der Waals surface area contributed by atoms with Gasteiger partial charge in [0.1, 0.15) is 0 Å². The Kier molecular flexibility index (Phi) is 4.29. The van der Waals surface area contributed by atoms with Crippen molar-refractivity contribution in [3.8, 4) is 5.69 Å². The maximum absolute atomic E-state index is 11.9. The Labute approximate surface area is 119 Å². The van der Waals surface area contributed by atoms with E-state index >= 15 is 0 Å². The minimum absolute atomic E-state index is 0.145. The number of carbonyl (C=O) groups is 1. The molecule has 2 rings (SSSR count). The number of aromatic amines is 1. The summed E-state index contributed by atoms with van der Waals surface area (Å²) in [5, 5.41) is 15.4. The standard InChI is InChI=1S/C13H15N3O3S/c1-8(2)9-5-3-4-6-10(9)16-12(19)14-15-13(16)20-7-11(17)18/h3-6,8H,7H2,1-2H3,(H,14,19)(H,17,18). The summed E-state index contributed by atoms with van der Waals surface area (Å²) in [6, 6.07) is 7.53. The van der Waals surface area contributed by atoms with E-state index in [1.165, 1.54) is 4.57 Å². The fourth-order valence-electron chi connectivity index (χ4n) is 1.90. The second-order valence-corrected chi connectivity index (χ2v) is 5.49. The van der Waals surface area contributed by atoms with Gasteiger partial charge in [-0.1, -0.05) is 43.8 Å². The first-order chi connectivity index (χ1) is 9.50. The van der Waals surface area contributed by atoms with Crippen molar-refractivity contribution in [2.45, 2.75) is 24.9 Å². The molecule has 0 aliphatic carbocycles. The number of carboxylic acids is 1. The molecule has 0 saturated carbocycles. The largest absolute Gasteiger partial charge is 0.481 e. The molecule has 0 fully saturated rings. The molecule has 0 amide bonds. The summed E-state index contributed by atoms with van der Waals surface area (Å²) < 4.78 is 1.42. The Balaban J connectivity index is 2.50. The third-order valence-electron chi connectivity index (χ3n) is 2.77. The predicted molar refractivity (Wildman–Crippen MR) is 76.6 cm³/mol. The van der Waals surface area contributed by atoms with E-state index in [2.05, 4.69) is 10.2 Å². The lowest BCUT2D eigenvalue weighted by molar-refractivity contribution is -0.133. The Hall–Kier alpha value is -2.02. The molecule has 1 aromatic carbocycles. The number of H-pyrrole nitrogens is 1. The molecule has 106 valence electrons. The predicted octanol–water partition coefficient (Wildman–Crippen LogP) is 1.86. The van der Waals surface area contributed by atoms with Gasteiger partial charge in [0.25, 0.3) is 0 Å². The molecule has 2 aromatic rings. The van der Waals surface area contributed by atoms with Crippen LogP contribution in [0.4, 0.5) is 0 Å².